The lowest BCUT2D eigenvalue weighted by Gasteiger charge is -2.26. The van der Waals surface area contributed by atoms with Gasteiger partial charge < -0.3 is 19.5 Å². The Morgan fingerprint density at radius 3 is 2.75 bits per heavy atom. The number of aliphatic hydroxyl groups excluding tert-OH is 2. The predicted molar refractivity (Wildman–Crippen MR) is 116 cm³/mol. The number of anilines is 1. The van der Waals surface area contributed by atoms with Gasteiger partial charge in [-0.2, -0.15) is 0 Å². The van der Waals surface area contributed by atoms with Gasteiger partial charge in [-0.3, -0.25) is 10.3 Å². The Balaban J connectivity index is 1.43. The molecule has 0 spiro atoms. The average Bonchev–Trinajstić information content (AvgIpc) is 3.30. The molecule has 3 aromatic rings. The van der Waals surface area contributed by atoms with Crippen molar-refractivity contribution in [2.75, 3.05) is 25.0 Å². The summed E-state index contributed by atoms with van der Waals surface area (Å²) in [5.41, 5.74) is 4.50. The Bertz CT molecular complexity index is 1140. The number of carbonyl (C=O) groups excluding carboxylic acids is 1. The summed E-state index contributed by atoms with van der Waals surface area (Å²) in [7, 11) is 0. The Morgan fingerprint density at radius 2 is 2.09 bits per heavy atom. The van der Waals surface area contributed by atoms with E-state index in [0.29, 0.717) is 30.9 Å². The third kappa shape index (κ3) is 4.66. The quantitative estimate of drug-likeness (QED) is 0.555. The van der Waals surface area contributed by atoms with Crippen LogP contribution in [0.1, 0.15) is 35.2 Å². The summed E-state index contributed by atoms with van der Waals surface area (Å²) in [5, 5.41) is 29.1. The number of carbonyl (C=O) groups is 1. The van der Waals surface area contributed by atoms with E-state index in [1.165, 1.54) is 0 Å². The van der Waals surface area contributed by atoms with Crippen molar-refractivity contribution in [1.29, 1.82) is 0 Å². The van der Waals surface area contributed by atoms with E-state index in [9.17, 15) is 9.90 Å². The van der Waals surface area contributed by atoms with Gasteiger partial charge in [-0.05, 0) is 49.1 Å². The first-order chi connectivity index (χ1) is 15.4. The molecule has 3 aromatic heterocycles. The summed E-state index contributed by atoms with van der Waals surface area (Å²) >= 11 is 0. The lowest BCUT2D eigenvalue weighted by Crippen LogP contribution is -2.38. The molecule has 0 unspecified atom stereocenters. The van der Waals surface area contributed by atoms with Gasteiger partial charge in [0, 0.05) is 25.5 Å². The molecule has 1 aliphatic rings. The number of aryl methyl sites for hydroxylation is 2. The lowest BCUT2D eigenvalue weighted by atomic mass is 10.00. The van der Waals surface area contributed by atoms with Crippen LogP contribution in [0.5, 0.6) is 0 Å². The van der Waals surface area contributed by atoms with E-state index in [4.69, 9.17) is 9.52 Å². The third-order valence-corrected chi connectivity index (χ3v) is 5.17. The van der Waals surface area contributed by atoms with Crippen LogP contribution in [0.4, 0.5) is 10.6 Å². The number of urea groups is 1. The van der Waals surface area contributed by atoms with Crippen molar-refractivity contribution in [3.05, 3.63) is 59.4 Å². The SMILES string of the molecule is Cc1ccc(NC(=O)N2CC=C(c3ncc(-c4nnc([C@H](O)CO)o4)cc3C)CC2)nc1. The molecular weight excluding hydrogens is 412 g/mol. The van der Waals surface area contributed by atoms with Gasteiger partial charge in [0.1, 0.15) is 5.82 Å². The van der Waals surface area contributed by atoms with Gasteiger partial charge in [-0.25, -0.2) is 9.78 Å². The van der Waals surface area contributed by atoms with Crippen LogP contribution >= 0.6 is 0 Å². The Labute approximate surface area is 184 Å². The van der Waals surface area contributed by atoms with Gasteiger partial charge in [0.15, 0.2) is 6.10 Å². The summed E-state index contributed by atoms with van der Waals surface area (Å²) in [5.74, 6) is 0.706. The smallest absolute Gasteiger partial charge is 0.323 e. The molecule has 0 saturated carbocycles. The van der Waals surface area contributed by atoms with Gasteiger partial charge in [-0.1, -0.05) is 12.1 Å². The molecule has 10 heteroatoms. The van der Waals surface area contributed by atoms with Gasteiger partial charge in [-0.15, -0.1) is 10.2 Å². The average molecular weight is 436 g/mol. The van der Waals surface area contributed by atoms with Crippen molar-refractivity contribution < 1.29 is 19.4 Å². The second-order valence-corrected chi connectivity index (χ2v) is 7.61. The second-order valence-electron chi connectivity index (χ2n) is 7.61. The van der Waals surface area contributed by atoms with Gasteiger partial charge in [0.2, 0.25) is 11.8 Å². The molecule has 0 aromatic carbocycles. The molecule has 3 N–H and O–H groups in total. The predicted octanol–water partition coefficient (Wildman–Crippen LogP) is 2.49. The maximum absolute atomic E-state index is 12.5. The monoisotopic (exact) mass is 436 g/mol. The molecule has 0 radical (unpaired) electrons. The van der Waals surface area contributed by atoms with Crippen molar-refractivity contribution in [2.45, 2.75) is 26.4 Å². The Morgan fingerprint density at radius 1 is 1.25 bits per heavy atom. The molecule has 32 heavy (non-hydrogen) atoms. The summed E-state index contributed by atoms with van der Waals surface area (Å²) < 4.78 is 5.42. The van der Waals surface area contributed by atoms with Crippen LogP contribution in [-0.4, -0.2) is 61.0 Å². The number of aromatic nitrogens is 4. The zero-order valence-electron chi connectivity index (χ0n) is 17.8. The normalized spacial score (nSPS) is 14.8. The second kappa shape index (κ2) is 9.25. The molecule has 4 heterocycles. The highest BCUT2D eigenvalue weighted by Crippen LogP contribution is 2.27. The van der Waals surface area contributed by atoms with Crippen LogP contribution in [0, 0.1) is 13.8 Å². The number of nitrogens with one attached hydrogen (secondary N) is 1. The lowest BCUT2D eigenvalue weighted by molar-refractivity contribution is 0.0736. The molecule has 0 saturated heterocycles. The Kier molecular flexibility index (Phi) is 6.24. The minimum atomic E-state index is -1.21. The van der Waals surface area contributed by atoms with Crippen LogP contribution in [0.15, 0.2) is 41.1 Å². The molecule has 4 rings (SSSR count). The van der Waals surface area contributed by atoms with Gasteiger partial charge in [0.25, 0.3) is 0 Å². The van der Waals surface area contributed by atoms with Crippen molar-refractivity contribution in [3.63, 3.8) is 0 Å². The number of hydrogen-bond acceptors (Lipinski definition) is 8. The van der Waals surface area contributed by atoms with E-state index in [1.54, 1.807) is 23.4 Å². The van der Waals surface area contributed by atoms with Crippen LogP contribution < -0.4 is 5.32 Å². The first-order valence-corrected chi connectivity index (χ1v) is 10.2. The first kappa shape index (κ1) is 21.6. The van der Waals surface area contributed by atoms with E-state index >= 15 is 0 Å². The van der Waals surface area contributed by atoms with E-state index in [0.717, 1.165) is 22.4 Å². The fourth-order valence-electron chi connectivity index (χ4n) is 3.39. The topological polar surface area (TPSA) is 138 Å². The third-order valence-electron chi connectivity index (χ3n) is 5.17. The van der Waals surface area contributed by atoms with Crippen molar-refractivity contribution in [3.8, 4) is 11.5 Å². The highest BCUT2D eigenvalue weighted by Gasteiger charge is 2.21. The first-order valence-electron chi connectivity index (χ1n) is 10.2. The van der Waals surface area contributed by atoms with Crippen LogP contribution in [-0.2, 0) is 0 Å². The van der Waals surface area contributed by atoms with Crippen LogP contribution in [0.2, 0.25) is 0 Å². The Hall–Kier alpha value is -3.63. The maximum Gasteiger partial charge on any atom is 0.323 e. The standard InChI is InChI=1S/C22H24N6O4/c1-13-3-4-18(23-10-13)25-22(31)28-7-5-15(6-8-28)19-14(2)9-16(11-24-19)20-26-27-21(32-20)17(30)12-29/h3-5,9-11,17,29-30H,6-8,12H2,1-2H3,(H,23,25,31)/t17-/m1/s1. The van der Waals surface area contributed by atoms with E-state index in [1.807, 2.05) is 32.1 Å². The fraction of sp³-hybridized carbons (Fsp3) is 0.318. The molecule has 1 atom stereocenters. The van der Waals surface area contributed by atoms with Crippen LogP contribution in [0.25, 0.3) is 17.0 Å². The van der Waals surface area contributed by atoms with Gasteiger partial charge in [0.05, 0.1) is 17.9 Å². The summed E-state index contributed by atoms with van der Waals surface area (Å²) in [6.07, 6.45) is 4.82. The number of nitrogens with zero attached hydrogens (tertiary/aromatic N) is 5. The number of pyridine rings is 2. The van der Waals surface area contributed by atoms with E-state index in [2.05, 4.69) is 25.5 Å². The van der Waals surface area contributed by atoms with Crippen LogP contribution in [0.3, 0.4) is 0 Å². The minimum absolute atomic E-state index is 0.0431. The highest BCUT2D eigenvalue weighted by atomic mass is 16.4. The number of rotatable bonds is 5. The highest BCUT2D eigenvalue weighted by molar-refractivity contribution is 5.89. The van der Waals surface area contributed by atoms with E-state index in [-0.39, 0.29) is 17.8 Å². The van der Waals surface area contributed by atoms with Crippen molar-refractivity contribution in [1.82, 2.24) is 25.1 Å². The summed E-state index contributed by atoms with van der Waals surface area (Å²) in [6, 6.07) is 5.38. The number of hydrogen-bond donors (Lipinski definition) is 3. The summed E-state index contributed by atoms with van der Waals surface area (Å²) in [4.78, 5) is 23.0. The van der Waals surface area contributed by atoms with Crippen molar-refractivity contribution >= 4 is 17.4 Å². The minimum Gasteiger partial charge on any atom is -0.418 e. The molecule has 0 bridgehead atoms. The molecule has 1 aliphatic heterocycles. The zero-order valence-corrected chi connectivity index (χ0v) is 17.8. The molecule has 2 amide bonds. The number of amides is 2. The van der Waals surface area contributed by atoms with Crippen molar-refractivity contribution in [2.24, 2.45) is 0 Å². The molecular formula is C22H24N6O4. The largest absolute Gasteiger partial charge is 0.418 e. The van der Waals surface area contributed by atoms with Gasteiger partial charge >= 0.3 is 6.03 Å². The summed E-state index contributed by atoms with van der Waals surface area (Å²) in [6.45, 7) is 4.43. The molecule has 10 nitrogen and oxygen atoms in total. The van der Waals surface area contributed by atoms with E-state index < -0.39 is 12.7 Å². The fourth-order valence-corrected chi connectivity index (χ4v) is 3.39. The zero-order chi connectivity index (χ0) is 22.7. The molecule has 0 fully saturated rings. The number of aliphatic hydroxyl groups is 2. The molecule has 0 aliphatic carbocycles. The maximum atomic E-state index is 12.5. The molecule has 166 valence electrons.